The van der Waals surface area contributed by atoms with Gasteiger partial charge in [-0.3, -0.25) is 4.79 Å². The van der Waals surface area contributed by atoms with Crippen molar-refractivity contribution < 1.29 is 22.7 Å². The Morgan fingerprint density at radius 1 is 1.17 bits per heavy atom. The topological polar surface area (TPSA) is 81.7 Å². The first-order valence-corrected chi connectivity index (χ1v) is 9.04. The second-order valence-corrected chi connectivity index (χ2v) is 7.66. The Hall–Kier alpha value is -1.44. The minimum atomic E-state index is -3.35. The molecule has 23 heavy (non-hydrogen) atoms. The molecule has 0 aliphatic rings. The number of hydrogen-bond acceptors (Lipinski definition) is 5. The van der Waals surface area contributed by atoms with Gasteiger partial charge in [-0.25, -0.2) is 8.42 Å². The predicted molar refractivity (Wildman–Crippen MR) is 87.9 cm³/mol. The summed E-state index contributed by atoms with van der Waals surface area (Å²) in [6.45, 7) is 3.80. The zero-order valence-corrected chi connectivity index (χ0v) is 14.9. The van der Waals surface area contributed by atoms with Gasteiger partial charge in [0.2, 0.25) is 5.91 Å². The van der Waals surface area contributed by atoms with Gasteiger partial charge in [-0.1, -0.05) is 17.7 Å². The summed E-state index contributed by atoms with van der Waals surface area (Å²) in [5.41, 5.74) is 1.00. The molecule has 0 bridgehead atoms. The van der Waals surface area contributed by atoms with E-state index in [1.165, 1.54) is 14.2 Å². The smallest absolute Gasteiger partial charge is 0.220 e. The van der Waals surface area contributed by atoms with Crippen LogP contribution in [0, 0.1) is 6.92 Å². The molecule has 0 fully saturated rings. The average molecular weight is 343 g/mol. The van der Waals surface area contributed by atoms with Crippen LogP contribution < -0.4 is 5.32 Å². The lowest BCUT2D eigenvalue weighted by molar-refractivity contribution is -0.190. The quantitative estimate of drug-likeness (QED) is 0.690. The van der Waals surface area contributed by atoms with Crippen molar-refractivity contribution in [2.45, 2.75) is 37.4 Å². The van der Waals surface area contributed by atoms with Crippen molar-refractivity contribution in [3.63, 3.8) is 0 Å². The van der Waals surface area contributed by atoms with Crippen LogP contribution in [0.25, 0.3) is 0 Å². The molecule has 1 N–H and O–H groups in total. The molecule has 0 aliphatic carbocycles. The first kappa shape index (κ1) is 19.6. The van der Waals surface area contributed by atoms with Crippen LogP contribution in [0.3, 0.4) is 0 Å². The van der Waals surface area contributed by atoms with Crippen LogP contribution >= 0.6 is 0 Å². The Bertz CT molecular complexity index is 606. The van der Waals surface area contributed by atoms with Gasteiger partial charge >= 0.3 is 0 Å². The lowest BCUT2D eigenvalue weighted by Crippen LogP contribution is -2.43. The molecule has 0 heterocycles. The highest BCUT2D eigenvalue weighted by atomic mass is 32.2. The van der Waals surface area contributed by atoms with Crippen molar-refractivity contribution in [2.75, 3.05) is 26.5 Å². The SMILES string of the molecule is COC(C)(CNC(=O)CCCS(=O)(=O)c1ccc(C)cc1)OC. The minimum absolute atomic E-state index is 0.0602. The van der Waals surface area contributed by atoms with E-state index in [1.54, 1.807) is 31.2 Å². The Labute approximate surface area is 138 Å². The third-order valence-electron chi connectivity index (χ3n) is 3.67. The van der Waals surface area contributed by atoms with Crippen molar-refractivity contribution in [1.29, 1.82) is 0 Å². The van der Waals surface area contributed by atoms with Crippen molar-refractivity contribution in [3.05, 3.63) is 29.8 Å². The van der Waals surface area contributed by atoms with Crippen LogP contribution in [0.4, 0.5) is 0 Å². The molecule has 1 amide bonds. The molecule has 0 saturated carbocycles. The monoisotopic (exact) mass is 343 g/mol. The molecule has 0 saturated heterocycles. The molecule has 130 valence electrons. The fourth-order valence-corrected chi connectivity index (χ4v) is 3.17. The number of hydrogen-bond donors (Lipinski definition) is 1. The Morgan fingerprint density at radius 3 is 2.26 bits per heavy atom. The number of aryl methyl sites for hydroxylation is 1. The fraction of sp³-hybridized carbons (Fsp3) is 0.562. The summed E-state index contributed by atoms with van der Waals surface area (Å²) in [7, 11) is -0.375. The summed E-state index contributed by atoms with van der Waals surface area (Å²) < 4.78 is 34.6. The summed E-state index contributed by atoms with van der Waals surface area (Å²) in [6.07, 6.45) is 0.396. The highest BCUT2D eigenvalue weighted by Gasteiger charge is 2.23. The Balaban J connectivity index is 2.44. The second kappa shape index (κ2) is 8.42. The van der Waals surface area contributed by atoms with Crippen molar-refractivity contribution in [2.24, 2.45) is 0 Å². The molecule has 7 heteroatoms. The number of nitrogens with one attached hydrogen (secondary N) is 1. The molecular weight excluding hydrogens is 318 g/mol. The van der Waals surface area contributed by atoms with Gasteiger partial charge in [-0.15, -0.1) is 0 Å². The first-order valence-electron chi connectivity index (χ1n) is 7.39. The van der Waals surface area contributed by atoms with Crippen LogP contribution in [0.2, 0.25) is 0 Å². The van der Waals surface area contributed by atoms with Crippen molar-refractivity contribution in [3.8, 4) is 0 Å². The van der Waals surface area contributed by atoms with Crippen LogP contribution in [0.15, 0.2) is 29.2 Å². The summed E-state index contributed by atoms with van der Waals surface area (Å²) in [4.78, 5) is 12.1. The van der Waals surface area contributed by atoms with Crippen LogP contribution in [-0.2, 0) is 24.1 Å². The van der Waals surface area contributed by atoms with E-state index in [4.69, 9.17) is 9.47 Å². The third kappa shape index (κ3) is 6.29. The van der Waals surface area contributed by atoms with Crippen LogP contribution in [0.1, 0.15) is 25.3 Å². The maximum absolute atomic E-state index is 12.2. The van der Waals surface area contributed by atoms with Gasteiger partial charge in [-0.05, 0) is 32.4 Å². The van der Waals surface area contributed by atoms with E-state index in [0.717, 1.165) is 5.56 Å². The van der Waals surface area contributed by atoms with Gasteiger partial charge in [0.25, 0.3) is 0 Å². The van der Waals surface area contributed by atoms with Gasteiger partial charge in [0, 0.05) is 20.6 Å². The standard InChI is InChI=1S/C16H25NO5S/c1-13-7-9-14(10-8-13)23(19,20)11-5-6-15(18)17-12-16(2,21-3)22-4/h7-10H,5-6,11-12H2,1-4H3,(H,17,18). The zero-order chi connectivity index (χ0) is 17.5. The highest BCUT2D eigenvalue weighted by Crippen LogP contribution is 2.14. The van der Waals surface area contributed by atoms with E-state index in [9.17, 15) is 13.2 Å². The lowest BCUT2D eigenvalue weighted by atomic mass is 10.2. The predicted octanol–water partition coefficient (Wildman–Crippen LogP) is 1.67. The molecule has 0 radical (unpaired) electrons. The van der Waals surface area contributed by atoms with E-state index < -0.39 is 15.6 Å². The molecule has 1 aromatic carbocycles. The molecule has 1 rings (SSSR count). The van der Waals surface area contributed by atoms with Gasteiger partial charge < -0.3 is 14.8 Å². The van der Waals surface area contributed by atoms with E-state index in [0.29, 0.717) is 0 Å². The number of methoxy groups -OCH3 is 2. The number of amides is 1. The van der Waals surface area contributed by atoms with Crippen LogP contribution in [-0.4, -0.2) is 46.6 Å². The molecule has 0 aliphatic heterocycles. The molecule has 6 nitrogen and oxygen atoms in total. The first-order chi connectivity index (χ1) is 10.7. The Morgan fingerprint density at radius 2 is 1.74 bits per heavy atom. The number of benzene rings is 1. The molecule has 0 atom stereocenters. The summed E-state index contributed by atoms with van der Waals surface area (Å²) in [5, 5.41) is 2.67. The largest absolute Gasteiger partial charge is 0.352 e. The van der Waals surface area contributed by atoms with Gasteiger partial charge in [0.15, 0.2) is 15.6 Å². The van der Waals surface area contributed by atoms with E-state index >= 15 is 0 Å². The minimum Gasteiger partial charge on any atom is -0.352 e. The highest BCUT2D eigenvalue weighted by molar-refractivity contribution is 7.91. The molecule has 1 aromatic rings. The molecule has 0 spiro atoms. The maximum atomic E-state index is 12.2. The number of rotatable bonds is 9. The van der Waals surface area contributed by atoms with Crippen molar-refractivity contribution >= 4 is 15.7 Å². The summed E-state index contributed by atoms with van der Waals surface area (Å²) in [5.74, 6) is -1.18. The summed E-state index contributed by atoms with van der Waals surface area (Å²) >= 11 is 0. The van der Waals surface area contributed by atoms with E-state index in [-0.39, 0.29) is 35.9 Å². The Kier molecular flexibility index (Phi) is 7.18. The number of ether oxygens (including phenoxy) is 2. The van der Waals surface area contributed by atoms with Gasteiger partial charge in [-0.2, -0.15) is 0 Å². The maximum Gasteiger partial charge on any atom is 0.220 e. The van der Waals surface area contributed by atoms with Crippen LogP contribution in [0.5, 0.6) is 0 Å². The number of carbonyl (C=O) groups is 1. The molecule has 0 unspecified atom stereocenters. The summed E-state index contributed by atoms with van der Waals surface area (Å²) in [6, 6.07) is 6.70. The fourth-order valence-electron chi connectivity index (χ4n) is 1.86. The third-order valence-corrected chi connectivity index (χ3v) is 5.48. The molecular formula is C16H25NO5S. The average Bonchev–Trinajstić information content (AvgIpc) is 2.53. The number of carbonyl (C=O) groups excluding carboxylic acids is 1. The number of sulfone groups is 1. The lowest BCUT2D eigenvalue weighted by Gasteiger charge is -2.26. The van der Waals surface area contributed by atoms with E-state index in [1.807, 2.05) is 6.92 Å². The molecule has 0 aromatic heterocycles. The van der Waals surface area contributed by atoms with Gasteiger partial charge in [0.05, 0.1) is 17.2 Å². The van der Waals surface area contributed by atoms with E-state index in [2.05, 4.69) is 5.32 Å². The normalized spacial score (nSPS) is 12.2. The zero-order valence-electron chi connectivity index (χ0n) is 14.1. The van der Waals surface area contributed by atoms with Gasteiger partial charge in [0.1, 0.15) is 0 Å². The van der Waals surface area contributed by atoms with Crippen molar-refractivity contribution in [1.82, 2.24) is 5.32 Å². The second-order valence-electron chi connectivity index (χ2n) is 5.55.